The van der Waals surface area contributed by atoms with Crippen LogP contribution >= 0.6 is 11.6 Å². The average Bonchev–Trinajstić information content (AvgIpc) is 2.35. The molecule has 0 aliphatic carbocycles. The van der Waals surface area contributed by atoms with Crippen LogP contribution in [0, 0.1) is 0 Å². The van der Waals surface area contributed by atoms with Crippen molar-refractivity contribution < 1.29 is 19.1 Å². The molecule has 0 aromatic rings. The summed E-state index contributed by atoms with van der Waals surface area (Å²) in [7, 11) is 0. The lowest BCUT2D eigenvalue weighted by atomic mass is 10.1. The van der Waals surface area contributed by atoms with Gasteiger partial charge in [-0.2, -0.15) is 0 Å². The molecule has 0 aromatic carbocycles. The molecule has 0 saturated heterocycles. The van der Waals surface area contributed by atoms with Crippen molar-refractivity contribution in [2.24, 2.45) is 5.11 Å². The Morgan fingerprint density at radius 1 is 1.32 bits per heavy atom. The maximum atomic E-state index is 11.9. The number of carbonyl (C=O) groups is 3. The minimum atomic E-state index is -1.10. The first-order valence-electron chi connectivity index (χ1n) is 6.87. The largest absolute Gasteiger partial charge is 0.458 e. The number of azide groups is 1. The molecule has 0 unspecified atom stereocenters. The summed E-state index contributed by atoms with van der Waals surface area (Å²) >= 11 is 5.29. The Labute approximate surface area is 134 Å². The number of esters is 1. The monoisotopic (exact) mass is 332 g/mol. The van der Waals surface area contributed by atoms with Gasteiger partial charge in [-0.15, -0.1) is 0 Å². The second-order valence-corrected chi connectivity index (χ2v) is 6.05. The number of hydrogen-bond donors (Lipinski definition) is 1. The van der Waals surface area contributed by atoms with Gasteiger partial charge in [-0.25, -0.2) is 4.79 Å². The van der Waals surface area contributed by atoms with E-state index in [1.807, 2.05) is 0 Å². The predicted molar refractivity (Wildman–Crippen MR) is 81.1 cm³/mol. The highest BCUT2D eigenvalue weighted by Crippen LogP contribution is 2.11. The van der Waals surface area contributed by atoms with Gasteiger partial charge in [-0.1, -0.05) is 5.11 Å². The fraction of sp³-hybridized carbons (Fsp3) is 0.769. The molecule has 0 spiro atoms. The van der Waals surface area contributed by atoms with Crippen molar-refractivity contribution in [2.75, 3.05) is 6.54 Å². The van der Waals surface area contributed by atoms with E-state index >= 15 is 0 Å². The third-order valence-corrected chi connectivity index (χ3v) is 2.52. The highest BCUT2D eigenvalue weighted by atomic mass is 35.5. The molecule has 22 heavy (non-hydrogen) atoms. The zero-order valence-electron chi connectivity index (χ0n) is 13.0. The molecule has 0 fully saturated rings. The van der Waals surface area contributed by atoms with E-state index in [0.717, 1.165) is 0 Å². The third kappa shape index (κ3) is 10.9. The maximum Gasteiger partial charge on any atom is 0.329 e. The van der Waals surface area contributed by atoms with E-state index < -0.39 is 28.8 Å². The molecule has 0 bridgehead atoms. The lowest BCUT2D eigenvalue weighted by Gasteiger charge is -2.24. The molecular weight excluding hydrogens is 312 g/mol. The number of carbonyl (C=O) groups excluding carboxylic acids is 3. The van der Waals surface area contributed by atoms with Crippen LogP contribution < -0.4 is 5.32 Å². The Hall–Kier alpha value is -1.79. The summed E-state index contributed by atoms with van der Waals surface area (Å²) < 4.78 is 5.14. The van der Waals surface area contributed by atoms with E-state index in [2.05, 4.69) is 15.3 Å². The van der Waals surface area contributed by atoms with Crippen molar-refractivity contribution in [3.63, 3.8) is 0 Å². The van der Waals surface area contributed by atoms with Crippen molar-refractivity contribution in [1.82, 2.24) is 5.32 Å². The van der Waals surface area contributed by atoms with Gasteiger partial charge >= 0.3 is 5.97 Å². The van der Waals surface area contributed by atoms with Crippen molar-refractivity contribution >= 4 is 28.7 Å². The molecular formula is C13H21ClN4O4. The molecule has 1 atom stereocenters. The second-order valence-electron chi connectivity index (χ2n) is 5.62. The van der Waals surface area contributed by atoms with Crippen molar-refractivity contribution in [2.45, 2.75) is 58.1 Å². The van der Waals surface area contributed by atoms with Crippen LogP contribution in [0.3, 0.4) is 0 Å². The van der Waals surface area contributed by atoms with Gasteiger partial charge in [-0.05, 0) is 50.7 Å². The number of unbranched alkanes of at least 4 members (excludes halogenated alkanes) is 1. The lowest BCUT2D eigenvalue weighted by molar-refractivity contribution is -0.159. The summed E-state index contributed by atoms with van der Waals surface area (Å²) in [4.78, 5) is 37.3. The summed E-state index contributed by atoms with van der Waals surface area (Å²) in [6.07, 6.45) is 0.876. The molecule has 8 nitrogen and oxygen atoms in total. The molecule has 0 aliphatic heterocycles. The molecule has 0 aliphatic rings. The van der Waals surface area contributed by atoms with E-state index in [1.54, 1.807) is 20.8 Å². The van der Waals surface area contributed by atoms with E-state index in [0.29, 0.717) is 19.4 Å². The zero-order valence-corrected chi connectivity index (χ0v) is 13.7. The van der Waals surface area contributed by atoms with Crippen molar-refractivity contribution in [1.29, 1.82) is 0 Å². The number of halogens is 1. The highest BCUT2D eigenvalue weighted by molar-refractivity contribution is 6.63. The quantitative estimate of drug-likeness (QED) is 0.174. The predicted octanol–water partition coefficient (Wildman–Crippen LogP) is 2.45. The van der Waals surface area contributed by atoms with Crippen LogP contribution in [0.15, 0.2) is 5.11 Å². The van der Waals surface area contributed by atoms with Crippen LogP contribution in [-0.4, -0.2) is 35.3 Å². The second kappa shape index (κ2) is 10.0. The Balaban J connectivity index is 4.45. The first-order chi connectivity index (χ1) is 10.2. The minimum absolute atomic E-state index is 0.150. The maximum absolute atomic E-state index is 11.9. The molecule has 0 radical (unpaired) electrons. The molecule has 1 N–H and O–H groups in total. The van der Waals surface area contributed by atoms with Gasteiger partial charge < -0.3 is 10.1 Å². The minimum Gasteiger partial charge on any atom is -0.458 e. The smallest absolute Gasteiger partial charge is 0.329 e. The van der Waals surface area contributed by atoms with Crippen molar-refractivity contribution in [3.8, 4) is 0 Å². The normalized spacial score (nSPS) is 12.0. The topological polar surface area (TPSA) is 121 Å². The number of amides is 1. The van der Waals surface area contributed by atoms with Gasteiger partial charge in [0, 0.05) is 17.9 Å². The Morgan fingerprint density at radius 3 is 2.45 bits per heavy atom. The van der Waals surface area contributed by atoms with Gasteiger partial charge in [0.05, 0.1) is 6.42 Å². The number of nitrogens with one attached hydrogen (secondary N) is 1. The van der Waals surface area contributed by atoms with E-state index in [-0.39, 0.29) is 12.8 Å². The SMILES string of the molecule is CC(C)(C)OC(=O)[C@H](CC(=O)Cl)NC(=O)CCCCN=[N+]=[N-]. The molecule has 124 valence electrons. The van der Waals surface area contributed by atoms with E-state index in [1.165, 1.54) is 0 Å². The van der Waals surface area contributed by atoms with Crippen LogP contribution in [0.5, 0.6) is 0 Å². The first-order valence-corrected chi connectivity index (χ1v) is 7.25. The molecule has 0 heterocycles. The summed E-state index contributed by atoms with van der Waals surface area (Å²) in [6.45, 7) is 5.35. The van der Waals surface area contributed by atoms with Gasteiger partial charge in [0.1, 0.15) is 11.6 Å². The summed E-state index contributed by atoms with van der Waals surface area (Å²) in [5.41, 5.74) is 7.38. The first kappa shape index (κ1) is 20.2. The molecule has 1 amide bonds. The van der Waals surface area contributed by atoms with E-state index in [4.69, 9.17) is 21.9 Å². The van der Waals surface area contributed by atoms with Crippen LogP contribution in [0.25, 0.3) is 10.4 Å². The fourth-order valence-electron chi connectivity index (χ4n) is 1.51. The number of hydrogen-bond acceptors (Lipinski definition) is 5. The lowest BCUT2D eigenvalue weighted by Crippen LogP contribution is -2.45. The fourth-order valence-corrected chi connectivity index (χ4v) is 1.66. The highest BCUT2D eigenvalue weighted by Gasteiger charge is 2.28. The number of nitrogens with zero attached hydrogens (tertiary/aromatic N) is 3. The summed E-state index contributed by atoms with van der Waals surface area (Å²) in [6, 6.07) is -1.10. The Bertz CT molecular complexity index is 455. The number of rotatable bonds is 9. The van der Waals surface area contributed by atoms with Crippen LogP contribution in [0.4, 0.5) is 0 Å². The van der Waals surface area contributed by atoms with Crippen LogP contribution in [-0.2, 0) is 19.1 Å². The molecule has 9 heteroatoms. The summed E-state index contributed by atoms with van der Waals surface area (Å²) in [5, 5.41) is 5.05. The van der Waals surface area contributed by atoms with Gasteiger partial charge in [0.25, 0.3) is 0 Å². The summed E-state index contributed by atoms with van der Waals surface area (Å²) in [5.74, 6) is -1.10. The zero-order chi connectivity index (χ0) is 17.2. The van der Waals surface area contributed by atoms with E-state index in [9.17, 15) is 14.4 Å². The molecule has 0 rings (SSSR count). The Kier molecular flexibility index (Phi) is 9.21. The average molecular weight is 333 g/mol. The van der Waals surface area contributed by atoms with Gasteiger partial charge in [0.2, 0.25) is 11.1 Å². The Morgan fingerprint density at radius 2 is 1.95 bits per heavy atom. The molecule has 0 aromatic heterocycles. The van der Waals surface area contributed by atoms with Gasteiger partial charge in [-0.3, -0.25) is 9.59 Å². The van der Waals surface area contributed by atoms with Crippen LogP contribution in [0.2, 0.25) is 0 Å². The third-order valence-electron chi connectivity index (χ3n) is 2.37. The van der Waals surface area contributed by atoms with Gasteiger partial charge in [0.15, 0.2) is 0 Å². The number of ether oxygens (including phenoxy) is 1. The standard InChI is InChI=1S/C13H21ClN4O4/c1-13(2,3)22-12(21)9(8-10(14)19)17-11(20)6-4-5-7-16-18-15/h9H,4-8H2,1-3H3,(H,17,20)/t9-/m0/s1. The molecule has 0 saturated carbocycles. The van der Waals surface area contributed by atoms with Crippen LogP contribution in [0.1, 0.15) is 46.5 Å². The van der Waals surface area contributed by atoms with Crippen molar-refractivity contribution in [3.05, 3.63) is 10.4 Å².